The molecular formula is C48H64Cl4F2N6O4. The molecule has 2 amide bonds. The Morgan fingerprint density at radius 2 is 0.984 bits per heavy atom. The summed E-state index contributed by atoms with van der Waals surface area (Å²) in [5.41, 5.74) is 2.28. The molecule has 352 valence electrons. The van der Waals surface area contributed by atoms with Crippen LogP contribution in [-0.2, 0) is 0 Å². The first-order chi connectivity index (χ1) is 29.7. The maximum atomic E-state index is 14.6. The van der Waals surface area contributed by atoms with Crippen LogP contribution in [0.5, 0.6) is 11.5 Å². The van der Waals surface area contributed by atoms with Gasteiger partial charge in [0.2, 0.25) is 0 Å². The molecule has 6 rings (SSSR count). The van der Waals surface area contributed by atoms with Gasteiger partial charge in [0.05, 0.1) is 13.2 Å². The Kier molecular flexibility index (Phi) is 23.1. The molecule has 0 bridgehead atoms. The summed E-state index contributed by atoms with van der Waals surface area (Å²) in [5.74, 6) is -1.30. The van der Waals surface area contributed by atoms with E-state index in [0.717, 1.165) is 84.8 Å². The third-order valence-electron chi connectivity index (χ3n) is 11.0. The average Bonchev–Trinajstić information content (AvgIpc) is 3.27. The maximum absolute atomic E-state index is 14.6. The number of hydrogen-bond acceptors (Lipinski definition) is 8. The number of anilines is 2. The molecule has 0 unspecified atom stereocenters. The molecule has 4 aromatic rings. The van der Waals surface area contributed by atoms with E-state index in [2.05, 4.69) is 40.8 Å². The highest BCUT2D eigenvalue weighted by molar-refractivity contribution is 6.31. The molecule has 0 atom stereocenters. The summed E-state index contributed by atoms with van der Waals surface area (Å²) in [6.45, 7) is 19.2. The van der Waals surface area contributed by atoms with Gasteiger partial charge in [-0.1, -0.05) is 44.0 Å². The first-order valence-electron chi connectivity index (χ1n) is 21.5. The van der Waals surface area contributed by atoms with Crippen molar-refractivity contribution in [3.63, 3.8) is 0 Å². The fourth-order valence-electron chi connectivity index (χ4n) is 7.06. The average molecular weight is 969 g/mol. The molecule has 0 saturated carbocycles. The van der Waals surface area contributed by atoms with Crippen LogP contribution in [0.2, 0.25) is 10.0 Å². The van der Waals surface area contributed by atoms with E-state index in [0.29, 0.717) is 40.0 Å². The lowest BCUT2D eigenvalue weighted by atomic mass is 9.92. The molecular weight excluding hydrogens is 904 g/mol. The Labute approximate surface area is 400 Å². The van der Waals surface area contributed by atoms with Gasteiger partial charge in [0.25, 0.3) is 11.8 Å². The van der Waals surface area contributed by atoms with Gasteiger partial charge in [0, 0.05) is 112 Å². The SMILES string of the molecule is CN(C(=O)c1ccc(OCCCN2CCN(CCC(C)(C)C)CC2)c(F)c1)c1ccc(Cl)cc1.CN(C(=O)c1ccc(OCCCN2CCNCC2)c(F)c1)c1ccc(Cl)cc1.Cl.Cl. The summed E-state index contributed by atoms with van der Waals surface area (Å²) in [4.78, 5) is 35.6. The van der Waals surface area contributed by atoms with Crippen molar-refractivity contribution >= 4 is 71.2 Å². The van der Waals surface area contributed by atoms with Gasteiger partial charge in [0.1, 0.15) is 0 Å². The van der Waals surface area contributed by atoms with Crippen molar-refractivity contribution < 1.29 is 27.8 Å². The smallest absolute Gasteiger partial charge is 0.258 e. The van der Waals surface area contributed by atoms with E-state index in [-0.39, 0.29) is 59.3 Å². The topological polar surface area (TPSA) is 80.8 Å². The molecule has 0 aromatic heterocycles. The molecule has 2 aliphatic rings. The minimum absolute atomic E-state index is 0. The summed E-state index contributed by atoms with van der Waals surface area (Å²) >= 11 is 11.8. The quantitative estimate of drug-likeness (QED) is 0.111. The van der Waals surface area contributed by atoms with Gasteiger partial charge in [-0.15, -0.1) is 24.8 Å². The van der Waals surface area contributed by atoms with Gasteiger partial charge < -0.3 is 39.3 Å². The molecule has 2 heterocycles. The minimum Gasteiger partial charge on any atom is -0.490 e. The van der Waals surface area contributed by atoms with Gasteiger partial charge in [-0.2, -0.15) is 0 Å². The van der Waals surface area contributed by atoms with Crippen LogP contribution < -0.4 is 24.6 Å². The largest absolute Gasteiger partial charge is 0.490 e. The molecule has 0 spiro atoms. The van der Waals surface area contributed by atoms with Crippen LogP contribution in [0.3, 0.4) is 0 Å². The Morgan fingerprint density at radius 3 is 1.36 bits per heavy atom. The van der Waals surface area contributed by atoms with E-state index in [1.165, 1.54) is 40.5 Å². The fraction of sp³-hybridized carbons (Fsp3) is 0.458. The second-order valence-electron chi connectivity index (χ2n) is 17.0. The molecule has 2 aliphatic heterocycles. The standard InChI is InChI=1S/C27H37ClFN3O2.C21H25ClFN3O2.2ClH/c1-27(2,3)12-14-32-17-15-31(16-18-32)13-5-19-34-25-11-6-21(20-24(25)29)26(33)30(4)23-9-7-22(28)8-10-23;1-25(18-6-4-17(22)5-7-18)21(27)16-3-8-20(19(23)15-16)28-14-2-11-26-12-9-24-10-13-26;;/h6-11,20H,5,12-19H2,1-4H3;3-8,15,24H,2,9-14H2,1H3;2*1H. The summed E-state index contributed by atoms with van der Waals surface area (Å²) in [6.07, 6.45) is 2.88. The normalized spacial score (nSPS) is 14.6. The van der Waals surface area contributed by atoms with Gasteiger partial charge in [-0.3, -0.25) is 9.59 Å². The molecule has 2 fully saturated rings. The molecule has 1 N–H and O–H groups in total. The van der Waals surface area contributed by atoms with E-state index in [4.69, 9.17) is 32.7 Å². The predicted octanol–water partition coefficient (Wildman–Crippen LogP) is 9.85. The number of ether oxygens (including phenoxy) is 2. The number of rotatable bonds is 16. The van der Waals surface area contributed by atoms with Crippen LogP contribution in [0.1, 0.15) is 60.7 Å². The highest BCUT2D eigenvalue weighted by Crippen LogP contribution is 2.25. The van der Waals surface area contributed by atoms with Crippen molar-refractivity contribution in [3.8, 4) is 11.5 Å². The zero-order valence-corrected chi connectivity index (χ0v) is 40.7. The summed E-state index contributed by atoms with van der Waals surface area (Å²) in [5, 5.41) is 4.50. The van der Waals surface area contributed by atoms with Crippen molar-refractivity contribution in [2.24, 2.45) is 5.41 Å². The van der Waals surface area contributed by atoms with Crippen molar-refractivity contribution in [2.75, 3.05) is 109 Å². The number of nitrogens with zero attached hydrogens (tertiary/aromatic N) is 5. The predicted molar refractivity (Wildman–Crippen MR) is 262 cm³/mol. The molecule has 0 aliphatic carbocycles. The van der Waals surface area contributed by atoms with E-state index in [1.54, 1.807) is 74.8 Å². The van der Waals surface area contributed by atoms with Crippen LogP contribution in [0.4, 0.5) is 20.2 Å². The number of halogens is 6. The van der Waals surface area contributed by atoms with Crippen LogP contribution in [-0.4, -0.2) is 126 Å². The first-order valence-corrected chi connectivity index (χ1v) is 22.2. The summed E-state index contributed by atoms with van der Waals surface area (Å²) < 4.78 is 40.2. The van der Waals surface area contributed by atoms with Crippen LogP contribution >= 0.6 is 48.0 Å². The Balaban J connectivity index is 0.000000335. The zero-order chi connectivity index (χ0) is 44.6. The number of nitrogens with one attached hydrogen (secondary N) is 1. The monoisotopic (exact) mass is 966 g/mol. The number of benzene rings is 4. The van der Waals surface area contributed by atoms with E-state index >= 15 is 0 Å². The highest BCUT2D eigenvalue weighted by atomic mass is 35.5. The Bertz CT molecular complexity index is 2030. The molecule has 16 heteroatoms. The van der Waals surface area contributed by atoms with Crippen molar-refractivity contribution in [3.05, 3.63) is 118 Å². The fourth-order valence-corrected chi connectivity index (χ4v) is 7.31. The van der Waals surface area contributed by atoms with Crippen LogP contribution in [0.15, 0.2) is 84.9 Å². The zero-order valence-electron chi connectivity index (χ0n) is 37.6. The lowest BCUT2D eigenvalue weighted by Crippen LogP contribution is -2.47. The molecule has 64 heavy (non-hydrogen) atoms. The number of carbonyl (C=O) groups excluding carboxylic acids is 2. The number of hydrogen-bond donors (Lipinski definition) is 1. The van der Waals surface area contributed by atoms with Crippen LogP contribution in [0, 0.1) is 17.0 Å². The van der Waals surface area contributed by atoms with Gasteiger partial charge in [-0.05, 0) is 116 Å². The van der Waals surface area contributed by atoms with Crippen molar-refractivity contribution in [2.45, 2.75) is 40.0 Å². The molecule has 10 nitrogen and oxygen atoms in total. The highest BCUT2D eigenvalue weighted by Gasteiger charge is 2.21. The lowest BCUT2D eigenvalue weighted by Gasteiger charge is -2.35. The molecule has 4 aromatic carbocycles. The summed E-state index contributed by atoms with van der Waals surface area (Å²) in [7, 11) is 3.29. The van der Waals surface area contributed by atoms with Gasteiger partial charge in [0.15, 0.2) is 23.1 Å². The molecule has 0 radical (unpaired) electrons. The van der Waals surface area contributed by atoms with E-state index in [9.17, 15) is 18.4 Å². The van der Waals surface area contributed by atoms with Crippen LogP contribution in [0.25, 0.3) is 0 Å². The number of piperazine rings is 2. The van der Waals surface area contributed by atoms with Crippen molar-refractivity contribution in [1.82, 2.24) is 20.0 Å². The van der Waals surface area contributed by atoms with Gasteiger partial charge >= 0.3 is 0 Å². The van der Waals surface area contributed by atoms with Crippen molar-refractivity contribution in [1.29, 1.82) is 0 Å². The summed E-state index contributed by atoms with van der Waals surface area (Å²) in [6, 6.07) is 22.5. The number of amides is 2. The molecule has 2 saturated heterocycles. The minimum atomic E-state index is -0.530. The lowest BCUT2D eigenvalue weighted by molar-refractivity contribution is 0.0984. The third kappa shape index (κ3) is 17.6. The van der Waals surface area contributed by atoms with E-state index in [1.807, 2.05) is 0 Å². The van der Waals surface area contributed by atoms with E-state index < -0.39 is 11.6 Å². The second-order valence-corrected chi connectivity index (χ2v) is 17.8. The first kappa shape index (κ1) is 54.6. The van der Waals surface area contributed by atoms with Gasteiger partial charge in [-0.25, -0.2) is 8.78 Å². The third-order valence-corrected chi connectivity index (χ3v) is 11.5. The number of carbonyl (C=O) groups is 2. The Hall–Kier alpha value is -3.72. The Morgan fingerprint density at radius 1 is 0.609 bits per heavy atom. The second kappa shape index (κ2) is 27.0. The maximum Gasteiger partial charge on any atom is 0.258 e.